The van der Waals surface area contributed by atoms with Gasteiger partial charge in [-0.25, -0.2) is 0 Å². The van der Waals surface area contributed by atoms with E-state index in [9.17, 15) is 14.9 Å². The Balaban J connectivity index is 1.63. The summed E-state index contributed by atoms with van der Waals surface area (Å²) in [5, 5.41) is 11.3. The first-order chi connectivity index (χ1) is 15.0. The maximum Gasteiger partial charge on any atom is 0.270 e. The molecule has 1 aliphatic rings. The number of non-ortho nitro benzene ring substituents is 1. The number of hydrogen-bond donors (Lipinski definition) is 0. The lowest BCUT2D eigenvalue weighted by Gasteiger charge is -2.17. The predicted molar refractivity (Wildman–Crippen MR) is 118 cm³/mol. The number of nitro groups is 1. The third-order valence-electron chi connectivity index (χ3n) is 5.63. The van der Waals surface area contributed by atoms with E-state index in [1.165, 1.54) is 23.3 Å². The van der Waals surface area contributed by atoms with Gasteiger partial charge in [0.05, 0.1) is 12.0 Å². The van der Waals surface area contributed by atoms with Gasteiger partial charge >= 0.3 is 0 Å². The predicted octanol–water partition coefficient (Wildman–Crippen LogP) is 5.41. The summed E-state index contributed by atoms with van der Waals surface area (Å²) >= 11 is 0. The Morgan fingerprint density at radius 2 is 1.74 bits per heavy atom. The van der Waals surface area contributed by atoms with E-state index >= 15 is 0 Å². The summed E-state index contributed by atoms with van der Waals surface area (Å²) < 4.78 is 11.2. The van der Waals surface area contributed by atoms with Crippen LogP contribution in [0.25, 0.3) is 11.1 Å². The summed E-state index contributed by atoms with van der Waals surface area (Å²) in [5.74, 6) is 0.975. The molecule has 0 amide bonds. The molecule has 6 heteroatoms. The van der Waals surface area contributed by atoms with Crippen LogP contribution in [0.3, 0.4) is 0 Å². The number of fused-ring (bicyclic) bond motifs is 1. The van der Waals surface area contributed by atoms with Crippen LogP contribution in [0, 0.1) is 10.1 Å². The van der Waals surface area contributed by atoms with Crippen LogP contribution in [-0.4, -0.2) is 23.9 Å². The molecule has 0 saturated carbocycles. The van der Waals surface area contributed by atoms with Crippen LogP contribution in [0.1, 0.15) is 34.8 Å². The first-order valence-electron chi connectivity index (χ1n) is 10.2. The van der Waals surface area contributed by atoms with Crippen molar-refractivity contribution < 1.29 is 19.2 Å². The molecular weight excluding hydrogens is 394 g/mol. The molecule has 0 saturated heterocycles. The summed E-state index contributed by atoms with van der Waals surface area (Å²) in [7, 11) is 1.57. The SMILES string of the molecule is COc1ccc(-c2cc([N+](=O)[O-])ccc2O[C@H](C)C(=O)c2ccc3c(c2)CCC3)cc1. The van der Waals surface area contributed by atoms with E-state index in [0.29, 0.717) is 22.6 Å². The minimum atomic E-state index is -0.738. The molecule has 158 valence electrons. The van der Waals surface area contributed by atoms with Crippen LogP contribution in [0.4, 0.5) is 5.69 Å². The molecule has 3 aromatic carbocycles. The first-order valence-corrected chi connectivity index (χ1v) is 10.2. The third kappa shape index (κ3) is 4.28. The number of ether oxygens (including phenoxy) is 2. The number of ketones is 1. The number of methoxy groups -OCH3 is 1. The lowest BCUT2D eigenvalue weighted by Crippen LogP contribution is -2.24. The van der Waals surface area contributed by atoms with Gasteiger partial charge in [-0.1, -0.05) is 24.3 Å². The quantitative estimate of drug-likeness (QED) is 0.292. The molecule has 0 fully saturated rings. The highest BCUT2D eigenvalue weighted by molar-refractivity contribution is 5.99. The van der Waals surface area contributed by atoms with Gasteiger partial charge in [-0.2, -0.15) is 0 Å². The monoisotopic (exact) mass is 417 g/mol. The van der Waals surface area contributed by atoms with Crippen LogP contribution in [0.2, 0.25) is 0 Å². The van der Waals surface area contributed by atoms with Gasteiger partial charge < -0.3 is 9.47 Å². The molecule has 1 atom stereocenters. The van der Waals surface area contributed by atoms with Gasteiger partial charge in [-0.15, -0.1) is 0 Å². The van der Waals surface area contributed by atoms with E-state index in [-0.39, 0.29) is 11.5 Å². The molecule has 0 spiro atoms. The average Bonchev–Trinajstić information content (AvgIpc) is 3.26. The second-order valence-electron chi connectivity index (χ2n) is 7.63. The van der Waals surface area contributed by atoms with E-state index in [1.807, 2.05) is 18.2 Å². The van der Waals surface area contributed by atoms with E-state index < -0.39 is 11.0 Å². The fraction of sp³-hybridized carbons (Fsp3) is 0.240. The zero-order chi connectivity index (χ0) is 22.0. The fourth-order valence-electron chi connectivity index (χ4n) is 3.93. The number of rotatable bonds is 7. The van der Waals surface area contributed by atoms with Crippen molar-refractivity contribution >= 4 is 11.5 Å². The zero-order valence-corrected chi connectivity index (χ0v) is 17.5. The molecule has 4 rings (SSSR count). The number of nitro benzene ring substituents is 1. The Labute approximate surface area is 180 Å². The Morgan fingerprint density at radius 3 is 2.45 bits per heavy atom. The Hall–Kier alpha value is -3.67. The standard InChI is InChI=1S/C25H23NO5/c1-16(25(27)20-7-6-17-4-3-5-19(17)14-20)31-24-13-10-21(26(28)29)15-23(24)18-8-11-22(30-2)12-9-18/h6-16H,3-5H2,1-2H3/t16-/m1/s1. The van der Waals surface area contributed by atoms with E-state index in [4.69, 9.17) is 9.47 Å². The topological polar surface area (TPSA) is 78.7 Å². The Bertz CT molecular complexity index is 1140. The van der Waals surface area contributed by atoms with Crippen molar-refractivity contribution in [1.29, 1.82) is 0 Å². The molecule has 0 aromatic heterocycles. The van der Waals surface area contributed by atoms with Crippen LogP contribution in [0.15, 0.2) is 60.7 Å². The minimum absolute atomic E-state index is 0.0456. The van der Waals surface area contributed by atoms with Gasteiger partial charge in [0.2, 0.25) is 5.78 Å². The molecule has 0 unspecified atom stereocenters. The number of hydrogen-bond acceptors (Lipinski definition) is 5. The molecule has 31 heavy (non-hydrogen) atoms. The number of carbonyl (C=O) groups is 1. The number of Topliss-reactive ketones (excluding diaryl/α,β-unsaturated/α-hetero) is 1. The number of carbonyl (C=O) groups excluding carboxylic acids is 1. The summed E-state index contributed by atoms with van der Waals surface area (Å²) in [5.41, 5.74) is 4.40. The van der Waals surface area contributed by atoms with Crippen LogP contribution in [0.5, 0.6) is 11.5 Å². The van der Waals surface area contributed by atoms with Gasteiger partial charge in [0.25, 0.3) is 5.69 Å². The first kappa shape index (κ1) is 20.6. The summed E-state index contributed by atoms with van der Waals surface area (Å²) in [4.78, 5) is 23.9. The fourth-order valence-corrected chi connectivity index (χ4v) is 3.93. The molecule has 0 bridgehead atoms. The van der Waals surface area contributed by atoms with E-state index in [1.54, 1.807) is 44.4 Å². The summed E-state index contributed by atoms with van der Waals surface area (Å²) in [6.07, 6.45) is 2.44. The number of nitrogens with zero attached hydrogens (tertiary/aromatic N) is 1. The molecule has 0 radical (unpaired) electrons. The molecule has 1 aliphatic carbocycles. The maximum atomic E-state index is 13.0. The van der Waals surface area contributed by atoms with Crippen LogP contribution in [-0.2, 0) is 12.8 Å². The van der Waals surface area contributed by atoms with Crippen molar-refractivity contribution in [1.82, 2.24) is 0 Å². The Kier molecular flexibility index (Phi) is 5.71. The molecule has 6 nitrogen and oxygen atoms in total. The second kappa shape index (κ2) is 8.60. The zero-order valence-electron chi connectivity index (χ0n) is 17.5. The minimum Gasteiger partial charge on any atom is -0.497 e. The van der Waals surface area contributed by atoms with Crippen molar-refractivity contribution in [2.45, 2.75) is 32.3 Å². The van der Waals surface area contributed by atoms with Crippen molar-refractivity contribution in [3.8, 4) is 22.6 Å². The highest BCUT2D eigenvalue weighted by Crippen LogP contribution is 2.35. The van der Waals surface area contributed by atoms with Crippen LogP contribution >= 0.6 is 0 Å². The van der Waals surface area contributed by atoms with Gasteiger partial charge in [0.1, 0.15) is 11.5 Å². The Morgan fingerprint density at radius 1 is 1.00 bits per heavy atom. The van der Waals surface area contributed by atoms with Gasteiger partial charge in [-0.05, 0) is 67.1 Å². The number of benzene rings is 3. The van der Waals surface area contributed by atoms with Crippen molar-refractivity contribution in [3.05, 3.63) is 87.5 Å². The van der Waals surface area contributed by atoms with Crippen molar-refractivity contribution in [3.63, 3.8) is 0 Å². The normalized spacial score (nSPS) is 13.4. The lowest BCUT2D eigenvalue weighted by molar-refractivity contribution is -0.384. The van der Waals surface area contributed by atoms with Gasteiger partial charge in [0.15, 0.2) is 6.10 Å². The highest BCUT2D eigenvalue weighted by Gasteiger charge is 2.22. The van der Waals surface area contributed by atoms with E-state index in [2.05, 4.69) is 0 Å². The van der Waals surface area contributed by atoms with Crippen molar-refractivity contribution in [2.24, 2.45) is 0 Å². The summed E-state index contributed by atoms with van der Waals surface area (Å²) in [6, 6.07) is 17.4. The maximum absolute atomic E-state index is 13.0. The lowest BCUT2D eigenvalue weighted by atomic mass is 10.0. The molecule has 0 aliphatic heterocycles. The smallest absolute Gasteiger partial charge is 0.270 e. The molecule has 0 heterocycles. The van der Waals surface area contributed by atoms with Crippen molar-refractivity contribution in [2.75, 3.05) is 7.11 Å². The molecule has 3 aromatic rings. The second-order valence-corrected chi connectivity index (χ2v) is 7.63. The van der Waals surface area contributed by atoms with Gasteiger partial charge in [-0.3, -0.25) is 14.9 Å². The van der Waals surface area contributed by atoms with Crippen LogP contribution < -0.4 is 9.47 Å². The third-order valence-corrected chi connectivity index (χ3v) is 5.63. The van der Waals surface area contributed by atoms with Gasteiger partial charge in [0, 0.05) is 23.3 Å². The highest BCUT2D eigenvalue weighted by atomic mass is 16.6. The summed E-state index contributed by atoms with van der Waals surface area (Å²) in [6.45, 7) is 1.70. The largest absolute Gasteiger partial charge is 0.497 e. The van der Waals surface area contributed by atoms with E-state index in [0.717, 1.165) is 24.8 Å². The number of aryl methyl sites for hydroxylation is 2. The molecular formula is C25H23NO5. The molecule has 0 N–H and O–H groups in total. The average molecular weight is 417 g/mol.